The van der Waals surface area contributed by atoms with E-state index in [0.717, 1.165) is 25.8 Å². The second-order valence-corrected chi connectivity index (χ2v) is 6.16. The fraction of sp³-hybridized carbons (Fsp3) is 0.800. The van der Waals surface area contributed by atoms with Crippen LogP contribution in [0.3, 0.4) is 0 Å². The summed E-state index contributed by atoms with van der Waals surface area (Å²) in [7, 11) is 0. The van der Waals surface area contributed by atoms with Crippen molar-refractivity contribution >= 4 is 6.09 Å². The molecule has 0 aromatic carbocycles. The van der Waals surface area contributed by atoms with E-state index >= 15 is 0 Å². The summed E-state index contributed by atoms with van der Waals surface area (Å²) in [4.78, 5) is 13.9. The largest absolute Gasteiger partial charge is 0.444 e. The minimum Gasteiger partial charge on any atom is -0.444 e. The number of amides is 1. The topological polar surface area (TPSA) is 29.5 Å². The first-order chi connectivity index (χ1) is 8.33. The molecule has 3 heteroatoms. The van der Waals surface area contributed by atoms with Gasteiger partial charge in [-0.25, -0.2) is 4.79 Å². The summed E-state index contributed by atoms with van der Waals surface area (Å²) in [5, 5.41) is 0. The van der Waals surface area contributed by atoms with Gasteiger partial charge in [0.05, 0.1) is 0 Å². The first-order valence-corrected chi connectivity index (χ1v) is 6.99. The first-order valence-electron chi connectivity index (χ1n) is 6.99. The first kappa shape index (κ1) is 15.1. The van der Waals surface area contributed by atoms with E-state index in [-0.39, 0.29) is 6.09 Å². The number of carbonyl (C=O) groups excluding carboxylic acids is 1. The van der Waals surface area contributed by atoms with Crippen molar-refractivity contribution in [2.45, 2.75) is 59.0 Å². The van der Waals surface area contributed by atoms with Gasteiger partial charge in [0.1, 0.15) is 5.60 Å². The van der Waals surface area contributed by atoms with Gasteiger partial charge in [0, 0.05) is 13.1 Å². The molecular formula is C15H27NO2. The van der Waals surface area contributed by atoms with E-state index in [0.29, 0.717) is 12.5 Å². The van der Waals surface area contributed by atoms with Crippen molar-refractivity contribution in [1.82, 2.24) is 4.90 Å². The van der Waals surface area contributed by atoms with Crippen molar-refractivity contribution in [1.29, 1.82) is 0 Å². The Kier molecular flexibility index (Phi) is 5.24. The molecule has 1 aliphatic heterocycles. The Balaban J connectivity index is 2.64. The molecule has 18 heavy (non-hydrogen) atoms. The molecule has 104 valence electrons. The maximum Gasteiger partial charge on any atom is 0.410 e. The van der Waals surface area contributed by atoms with Crippen LogP contribution in [0.4, 0.5) is 4.79 Å². The summed E-state index contributed by atoms with van der Waals surface area (Å²) in [6, 6.07) is 0. The third-order valence-corrected chi connectivity index (χ3v) is 3.35. The molecule has 0 radical (unpaired) electrons. The second kappa shape index (κ2) is 6.26. The molecule has 0 bridgehead atoms. The van der Waals surface area contributed by atoms with Crippen LogP contribution in [0.2, 0.25) is 0 Å². The Labute approximate surface area is 111 Å². The van der Waals surface area contributed by atoms with Gasteiger partial charge in [-0.2, -0.15) is 0 Å². The lowest BCUT2D eigenvalue weighted by molar-refractivity contribution is 0.0253. The lowest BCUT2D eigenvalue weighted by Crippen LogP contribution is -2.40. The monoisotopic (exact) mass is 253 g/mol. The molecule has 0 aliphatic carbocycles. The summed E-state index contributed by atoms with van der Waals surface area (Å²) < 4.78 is 5.44. The fourth-order valence-corrected chi connectivity index (χ4v) is 2.33. The average Bonchev–Trinajstić information content (AvgIpc) is 2.21. The van der Waals surface area contributed by atoms with Crippen LogP contribution in [0.5, 0.6) is 0 Å². The Morgan fingerprint density at radius 2 is 2.11 bits per heavy atom. The van der Waals surface area contributed by atoms with E-state index in [1.165, 1.54) is 12.0 Å². The molecule has 1 aliphatic rings. The van der Waals surface area contributed by atoms with Crippen molar-refractivity contribution in [2.75, 3.05) is 13.1 Å². The molecule has 0 aromatic rings. The number of likely N-dealkylation sites (tertiary alicyclic amines) is 1. The predicted octanol–water partition coefficient (Wildman–Crippen LogP) is 3.99. The van der Waals surface area contributed by atoms with Gasteiger partial charge in [0.15, 0.2) is 0 Å². The van der Waals surface area contributed by atoms with E-state index in [9.17, 15) is 4.79 Å². The molecule has 0 saturated carbocycles. The van der Waals surface area contributed by atoms with Gasteiger partial charge in [0.2, 0.25) is 0 Å². The molecule has 1 fully saturated rings. The Morgan fingerprint density at radius 3 is 2.67 bits per heavy atom. The van der Waals surface area contributed by atoms with Gasteiger partial charge < -0.3 is 9.64 Å². The van der Waals surface area contributed by atoms with Crippen molar-refractivity contribution in [3.63, 3.8) is 0 Å². The number of hydrogen-bond donors (Lipinski definition) is 0. The van der Waals surface area contributed by atoms with Crippen LogP contribution in [0.25, 0.3) is 0 Å². The van der Waals surface area contributed by atoms with Crippen molar-refractivity contribution < 1.29 is 9.53 Å². The van der Waals surface area contributed by atoms with Crippen molar-refractivity contribution in [3.05, 3.63) is 12.2 Å². The summed E-state index contributed by atoms with van der Waals surface area (Å²) >= 11 is 0. The van der Waals surface area contributed by atoms with Crippen LogP contribution in [0.15, 0.2) is 12.2 Å². The lowest BCUT2D eigenvalue weighted by atomic mass is 9.90. The zero-order valence-corrected chi connectivity index (χ0v) is 12.3. The van der Waals surface area contributed by atoms with Gasteiger partial charge in [-0.1, -0.05) is 25.5 Å². The lowest BCUT2D eigenvalue weighted by Gasteiger charge is -2.31. The van der Waals surface area contributed by atoms with Crippen LogP contribution in [-0.2, 0) is 4.74 Å². The summed E-state index contributed by atoms with van der Waals surface area (Å²) in [6.45, 7) is 13.5. The molecule has 1 amide bonds. The Morgan fingerprint density at radius 1 is 1.44 bits per heavy atom. The van der Waals surface area contributed by atoms with E-state index in [2.05, 4.69) is 13.5 Å². The van der Waals surface area contributed by atoms with Gasteiger partial charge in [-0.3, -0.25) is 0 Å². The van der Waals surface area contributed by atoms with Gasteiger partial charge in [-0.15, -0.1) is 0 Å². The summed E-state index contributed by atoms with van der Waals surface area (Å²) in [5.41, 5.74) is 0.744. The highest BCUT2D eigenvalue weighted by Crippen LogP contribution is 2.24. The summed E-state index contributed by atoms with van der Waals surface area (Å²) in [5.74, 6) is 0.551. The van der Waals surface area contributed by atoms with Crippen LogP contribution in [0, 0.1) is 5.92 Å². The van der Waals surface area contributed by atoms with E-state index in [1.54, 1.807) is 4.90 Å². The molecule has 0 spiro atoms. The molecule has 1 unspecified atom stereocenters. The number of hydrogen-bond acceptors (Lipinski definition) is 2. The number of nitrogens with zero attached hydrogens (tertiary/aromatic N) is 1. The minimum absolute atomic E-state index is 0.208. The number of ether oxygens (including phenoxy) is 1. The molecular weight excluding hydrogens is 226 g/mol. The highest BCUT2D eigenvalue weighted by Gasteiger charge is 2.25. The molecule has 3 nitrogen and oxygen atoms in total. The fourth-order valence-electron chi connectivity index (χ4n) is 2.33. The maximum atomic E-state index is 12.1. The average molecular weight is 253 g/mol. The molecule has 0 aromatic heterocycles. The predicted molar refractivity (Wildman–Crippen MR) is 74.6 cm³/mol. The smallest absolute Gasteiger partial charge is 0.410 e. The van der Waals surface area contributed by atoms with Gasteiger partial charge in [0.25, 0.3) is 0 Å². The second-order valence-electron chi connectivity index (χ2n) is 6.16. The van der Waals surface area contributed by atoms with Gasteiger partial charge in [-0.05, 0) is 46.0 Å². The normalized spacial score (nSPS) is 22.3. The van der Waals surface area contributed by atoms with Crippen molar-refractivity contribution in [3.8, 4) is 0 Å². The third-order valence-electron chi connectivity index (χ3n) is 3.35. The summed E-state index contributed by atoms with van der Waals surface area (Å²) in [6.07, 6.45) is 4.33. The van der Waals surface area contributed by atoms with Crippen molar-refractivity contribution in [2.24, 2.45) is 5.92 Å². The SMILES string of the molecule is C=C1CN(C(=O)OC(C)(C)C)CCCCC1CC. The zero-order chi connectivity index (χ0) is 13.8. The van der Waals surface area contributed by atoms with Crippen LogP contribution in [0.1, 0.15) is 53.4 Å². The molecule has 1 saturated heterocycles. The highest BCUT2D eigenvalue weighted by molar-refractivity contribution is 5.68. The maximum absolute atomic E-state index is 12.1. The van der Waals surface area contributed by atoms with E-state index in [4.69, 9.17) is 4.74 Å². The van der Waals surface area contributed by atoms with Crippen LogP contribution >= 0.6 is 0 Å². The standard InChI is InChI=1S/C15H27NO2/c1-6-13-9-7-8-10-16(11-12(13)2)14(17)18-15(3,4)5/h13H,2,6-11H2,1,3-5H3. The van der Waals surface area contributed by atoms with Crippen LogP contribution in [-0.4, -0.2) is 29.7 Å². The molecule has 1 rings (SSSR count). The molecule has 1 heterocycles. The number of carbonyl (C=O) groups is 1. The zero-order valence-electron chi connectivity index (χ0n) is 12.3. The van der Waals surface area contributed by atoms with E-state index < -0.39 is 5.60 Å². The Hall–Kier alpha value is -0.990. The number of rotatable bonds is 1. The van der Waals surface area contributed by atoms with Gasteiger partial charge >= 0.3 is 6.09 Å². The van der Waals surface area contributed by atoms with E-state index in [1.807, 2.05) is 20.8 Å². The highest BCUT2D eigenvalue weighted by atomic mass is 16.6. The molecule has 0 N–H and O–H groups in total. The Bertz CT molecular complexity index is 304. The quantitative estimate of drug-likeness (QED) is 0.661. The minimum atomic E-state index is -0.426. The third kappa shape index (κ3) is 4.71. The van der Waals surface area contributed by atoms with Crippen LogP contribution < -0.4 is 0 Å². The molecule has 1 atom stereocenters.